The lowest BCUT2D eigenvalue weighted by Gasteiger charge is -2.47. The quantitative estimate of drug-likeness (QED) is 0.752. The van der Waals surface area contributed by atoms with Crippen molar-refractivity contribution in [3.63, 3.8) is 0 Å². The number of para-hydroxylation sites is 2. The molecule has 170 valence electrons. The maximum Gasteiger partial charge on any atom is 0.260 e. The number of carbonyl (C=O) groups is 1. The first-order valence-corrected chi connectivity index (χ1v) is 11.1. The standard InChI is InChI=1S/C25H32N4O3/c1-24(2,3)28-23-25(27-21-9-6-5-8-20(21)26-23)14-7-15-29(17-25)22(30)16-32-19-12-10-18(31-4)11-13-19/h5-6,8-13,27H,7,14-17H2,1-4H3,(H,26,28)/t25-/m1/s1. The Labute approximate surface area is 189 Å². The Balaban J connectivity index is 1.52. The van der Waals surface area contributed by atoms with Gasteiger partial charge >= 0.3 is 0 Å². The number of anilines is 2. The predicted molar refractivity (Wildman–Crippen MR) is 128 cm³/mol. The lowest BCUT2D eigenvalue weighted by Crippen LogP contribution is -2.63. The van der Waals surface area contributed by atoms with Crippen LogP contribution in [0.2, 0.25) is 0 Å². The fourth-order valence-corrected chi connectivity index (χ4v) is 4.21. The number of amides is 1. The van der Waals surface area contributed by atoms with Crippen LogP contribution in [-0.2, 0) is 4.79 Å². The first-order chi connectivity index (χ1) is 15.3. The van der Waals surface area contributed by atoms with E-state index in [0.717, 1.165) is 35.8 Å². The van der Waals surface area contributed by atoms with Crippen molar-refractivity contribution in [2.45, 2.75) is 44.7 Å². The van der Waals surface area contributed by atoms with E-state index in [1.807, 2.05) is 35.2 Å². The number of ether oxygens (including phenoxy) is 2. The zero-order valence-corrected chi connectivity index (χ0v) is 19.3. The van der Waals surface area contributed by atoms with Crippen LogP contribution in [0.1, 0.15) is 33.6 Å². The molecule has 0 radical (unpaired) electrons. The molecular formula is C25H32N4O3. The van der Waals surface area contributed by atoms with Crippen LogP contribution in [0.15, 0.2) is 53.5 Å². The molecule has 4 rings (SSSR count). The maximum absolute atomic E-state index is 13.0. The van der Waals surface area contributed by atoms with E-state index in [-0.39, 0.29) is 18.1 Å². The van der Waals surface area contributed by atoms with Gasteiger partial charge in [-0.15, -0.1) is 0 Å². The topological polar surface area (TPSA) is 75.2 Å². The molecule has 0 saturated carbocycles. The molecule has 2 aromatic rings. The molecule has 2 aromatic carbocycles. The molecule has 7 heteroatoms. The van der Waals surface area contributed by atoms with Gasteiger partial charge in [-0.3, -0.25) is 9.79 Å². The summed E-state index contributed by atoms with van der Waals surface area (Å²) in [5, 5.41) is 7.26. The van der Waals surface area contributed by atoms with Crippen LogP contribution in [0.5, 0.6) is 11.5 Å². The number of rotatable bonds is 4. The molecule has 0 aromatic heterocycles. The number of piperidine rings is 1. The van der Waals surface area contributed by atoms with Crippen molar-refractivity contribution in [1.29, 1.82) is 0 Å². The van der Waals surface area contributed by atoms with Gasteiger partial charge in [-0.05, 0) is 70.0 Å². The first kappa shape index (κ1) is 22.0. The summed E-state index contributed by atoms with van der Waals surface area (Å²) in [6.45, 7) is 7.50. The summed E-state index contributed by atoms with van der Waals surface area (Å²) in [5.41, 5.74) is 1.35. The predicted octanol–water partition coefficient (Wildman–Crippen LogP) is 4.17. The van der Waals surface area contributed by atoms with Crippen molar-refractivity contribution >= 4 is 23.1 Å². The lowest BCUT2D eigenvalue weighted by atomic mass is 9.84. The number of likely N-dealkylation sites (tertiary alicyclic amines) is 1. The number of methoxy groups -OCH3 is 1. The summed E-state index contributed by atoms with van der Waals surface area (Å²) in [4.78, 5) is 19.9. The van der Waals surface area contributed by atoms with Crippen molar-refractivity contribution in [1.82, 2.24) is 4.90 Å². The van der Waals surface area contributed by atoms with E-state index in [2.05, 4.69) is 37.5 Å². The second-order valence-corrected chi connectivity index (χ2v) is 9.39. The fourth-order valence-electron chi connectivity index (χ4n) is 4.21. The van der Waals surface area contributed by atoms with E-state index < -0.39 is 5.54 Å². The van der Waals surface area contributed by atoms with E-state index in [1.54, 1.807) is 19.2 Å². The third-order valence-electron chi connectivity index (χ3n) is 5.72. The van der Waals surface area contributed by atoms with Gasteiger partial charge in [0, 0.05) is 6.54 Å². The molecule has 1 atom stereocenters. The van der Waals surface area contributed by atoms with Gasteiger partial charge in [-0.25, -0.2) is 0 Å². The highest BCUT2D eigenvalue weighted by Crippen LogP contribution is 2.37. The summed E-state index contributed by atoms with van der Waals surface area (Å²) >= 11 is 0. The highest BCUT2D eigenvalue weighted by molar-refractivity contribution is 6.10. The number of nitrogens with one attached hydrogen (secondary N) is 2. The van der Waals surface area contributed by atoms with Crippen molar-refractivity contribution < 1.29 is 14.3 Å². The Morgan fingerprint density at radius 3 is 2.47 bits per heavy atom. The largest absolute Gasteiger partial charge is 0.497 e. The molecule has 2 aliphatic heterocycles. The second kappa shape index (κ2) is 8.73. The number of hydrogen-bond acceptors (Lipinski definition) is 5. The number of carbonyl (C=O) groups excluding carboxylic acids is 1. The van der Waals surface area contributed by atoms with Crippen molar-refractivity contribution in [3.05, 3.63) is 48.5 Å². The lowest BCUT2D eigenvalue weighted by molar-refractivity contribution is -0.134. The van der Waals surface area contributed by atoms with E-state index in [0.29, 0.717) is 18.8 Å². The number of nitrogens with zero attached hydrogens (tertiary/aromatic N) is 2. The molecule has 0 bridgehead atoms. The van der Waals surface area contributed by atoms with Crippen LogP contribution in [0.3, 0.4) is 0 Å². The van der Waals surface area contributed by atoms with E-state index >= 15 is 0 Å². The summed E-state index contributed by atoms with van der Waals surface area (Å²) in [6, 6.07) is 15.4. The molecular weight excluding hydrogens is 404 g/mol. The molecule has 7 nitrogen and oxygen atoms in total. The van der Waals surface area contributed by atoms with Crippen LogP contribution < -0.4 is 20.1 Å². The van der Waals surface area contributed by atoms with Gasteiger partial charge in [0.05, 0.1) is 30.6 Å². The van der Waals surface area contributed by atoms with Crippen LogP contribution in [0, 0.1) is 0 Å². The molecule has 32 heavy (non-hydrogen) atoms. The molecule has 2 aliphatic rings. The first-order valence-electron chi connectivity index (χ1n) is 11.1. The highest BCUT2D eigenvalue weighted by Gasteiger charge is 2.45. The molecule has 0 unspecified atom stereocenters. The van der Waals surface area contributed by atoms with E-state index in [4.69, 9.17) is 14.5 Å². The Kier molecular flexibility index (Phi) is 6.00. The minimum atomic E-state index is -0.449. The Bertz CT molecular complexity index is 997. The normalized spacial score (nSPS) is 21.5. The summed E-state index contributed by atoms with van der Waals surface area (Å²) in [5.74, 6) is 2.25. The monoisotopic (exact) mass is 436 g/mol. The maximum atomic E-state index is 13.0. The Morgan fingerprint density at radius 1 is 1.09 bits per heavy atom. The number of hydrogen-bond donors (Lipinski definition) is 2. The number of aliphatic imine (C=N–C) groups is 1. The van der Waals surface area contributed by atoms with Crippen LogP contribution in [0.25, 0.3) is 0 Å². The van der Waals surface area contributed by atoms with Gasteiger partial charge in [-0.1, -0.05) is 12.1 Å². The zero-order valence-electron chi connectivity index (χ0n) is 19.3. The molecule has 2 heterocycles. The van der Waals surface area contributed by atoms with Gasteiger partial charge in [0.2, 0.25) is 0 Å². The van der Waals surface area contributed by atoms with Gasteiger partial charge in [-0.2, -0.15) is 0 Å². The van der Waals surface area contributed by atoms with Crippen LogP contribution >= 0.6 is 0 Å². The zero-order chi connectivity index (χ0) is 22.8. The Morgan fingerprint density at radius 2 is 1.78 bits per heavy atom. The summed E-state index contributed by atoms with van der Waals surface area (Å²) in [7, 11) is 1.62. The summed E-state index contributed by atoms with van der Waals surface area (Å²) in [6.07, 6.45) is 1.78. The Hall–Kier alpha value is -3.22. The van der Waals surface area contributed by atoms with Crippen molar-refractivity contribution in [2.75, 3.05) is 37.4 Å². The average molecular weight is 437 g/mol. The third-order valence-corrected chi connectivity index (χ3v) is 5.72. The SMILES string of the molecule is COc1ccc(OCC(=O)N2CCC[C@]3(C2)Nc2ccccc2NC3=NC(C)(C)C)cc1. The van der Waals surface area contributed by atoms with E-state index in [9.17, 15) is 4.79 Å². The number of fused-ring (bicyclic) bond motifs is 1. The van der Waals surface area contributed by atoms with Gasteiger partial charge in [0.15, 0.2) is 6.61 Å². The van der Waals surface area contributed by atoms with Crippen molar-refractivity contribution in [2.24, 2.45) is 4.99 Å². The summed E-state index contributed by atoms with van der Waals surface area (Å²) < 4.78 is 10.9. The third kappa shape index (κ3) is 4.82. The average Bonchev–Trinajstić information content (AvgIpc) is 2.77. The smallest absolute Gasteiger partial charge is 0.260 e. The minimum Gasteiger partial charge on any atom is -0.497 e. The molecule has 1 spiro atoms. The van der Waals surface area contributed by atoms with Gasteiger partial charge < -0.3 is 25.0 Å². The van der Waals surface area contributed by atoms with Gasteiger partial charge in [0.1, 0.15) is 22.9 Å². The van der Waals surface area contributed by atoms with E-state index in [1.165, 1.54) is 0 Å². The molecule has 2 N–H and O–H groups in total. The minimum absolute atomic E-state index is 0.00181. The molecule has 1 saturated heterocycles. The molecule has 0 aliphatic carbocycles. The number of amidine groups is 1. The van der Waals surface area contributed by atoms with Crippen LogP contribution in [-0.4, -0.2) is 54.5 Å². The van der Waals surface area contributed by atoms with Crippen LogP contribution in [0.4, 0.5) is 11.4 Å². The number of benzene rings is 2. The highest BCUT2D eigenvalue weighted by atomic mass is 16.5. The molecule has 1 amide bonds. The van der Waals surface area contributed by atoms with Gasteiger partial charge in [0.25, 0.3) is 5.91 Å². The fraction of sp³-hybridized carbons (Fsp3) is 0.440. The van der Waals surface area contributed by atoms with Crippen molar-refractivity contribution in [3.8, 4) is 11.5 Å². The molecule has 1 fully saturated rings. The second-order valence-electron chi connectivity index (χ2n) is 9.39.